The van der Waals surface area contributed by atoms with E-state index in [1.54, 1.807) is 11.3 Å². The second-order valence-electron chi connectivity index (χ2n) is 6.29. The third-order valence-corrected chi connectivity index (χ3v) is 5.77. The van der Waals surface area contributed by atoms with Crippen molar-refractivity contribution < 1.29 is 0 Å². The van der Waals surface area contributed by atoms with Crippen LogP contribution in [0.15, 0.2) is 4.79 Å². The molecule has 120 valence electrons. The number of thiophene rings is 1. The van der Waals surface area contributed by atoms with Crippen LogP contribution in [-0.4, -0.2) is 27.5 Å². The molecule has 2 aromatic heterocycles. The van der Waals surface area contributed by atoms with E-state index in [1.807, 2.05) is 11.5 Å². The maximum Gasteiger partial charge on any atom is 0.262 e. The standard InChI is InChI=1S/C17H25N3OS/c1-4-5-10-20-14(11-19-8-6-7-9-19)18-16-15(17(20)21)12(2)13(3)22-16/h4-11H2,1-3H3. The molecule has 0 radical (unpaired) electrons. The molecule has 3 rings (SSSR count). The van der Waals surface area contributed by atoms with Gasteiger partial charge in [0.2, 0.25) is 0 Å². The predicted molar refractivity (Wildman–Crippen MR) is 92.8 cm³/mol. The van der Waals surface area contributed by atoms with Crippen molar-refractivity contribution in [1.82, 2.24) is 14.5 Å². The van der Waals surface area contributed by atoms with Crippen LogP contribution in [0.1, 0.15) is 48.9 Å². The Hall–Kier alpha value is -1.20. The van der Waals surface area contributed by atoms with Gasteiger partial charge in [-0.2, -0.15) is 0 Å². The van der Waals surface area contributed by atoms with Crippen LogP contribution in [-0.2, 0) is 13.1 Å². The molecule has 5 heteroatoms. The Balaban J connectivity index is 2.08. The molecular formula is C17H25N3OS. The van der Waals surface area contributed by atoms with E-state index in [0.717, 1.165) is 60.6 Å². The summed E-state index contributed by atoms with van der Waals surface area (Å²) in [6, 6.07) is 0. The third kappa shape index (κ3) is 2.84. The zero-order valence-electron chi connectivity index (χ0n) is 13.8. The first kappa shape index (κ1) is 15.7. The molecule has 0 N–H and O–H groups in total. The molecule has 0 amide bonds. The van der Waals surface area contributed by atoms with Crippen LogP contribution in [0, 0.1) is 13.8 Å². The lowest BCUT2D eigenvalue weighted by Crippen LogP contribution is -2.30. The molecule has 0 atom stereocenters. The maximum absolute atomic E-state index is 13.0. The van der Waals surface area contributed by atoms with Crippen molar-refractivity contribution in [2.45, 2.75) is 59.5 Å². The molecule has 0 spiro atoms. The summed E-state index contributed by atoms with van der Waals surface area (Å²) in [4.78, 5) is 22.4. The van der Waals surface area contributed by atoms with Gasteiger partial charge in [0.05, 0.1) is 11.9 Å². The topological polar surface area (TPSA) is 38.1 Å². The van der Waals surface area contributed by atoms with Gasteiger partial charge in [-0.1, -0.05) is 13.3 Å². The van der Waals surface area contributed by atoms with E-state index in [1.165, 1.54) is 17.7 Å². The lowest BCUT2D eigenvalue weighted by molar-refractivity contribution is 0.313. The molecular weight excluding hydrogens is 294 g/mol. The molecule has 4 nitrogen and oxygen atoms in total. The molecule has 0 aromatic carbocycles. The fourth-order valence-corrected chi connectivity index (χ4v) is 4.22. The smallest absolute Gasteiger partial charge is 0.262 e. The lowest BCUT2D eigenvalue weighted by atomic mass is 10.2. The van der Waals surface area contributed by atoms with Gasteiger partial charge in [0, 0.05) is 11.4 Å². The Labute approximate surface area is 135 Å². The quantitative estimate of drug-likeness (QED) is 0.847. The monoisotopic (exact) mass is 319 g/mol. The molecule has 22 heavy (non-hydrogen) atoms. The lowest BCUT2D eigenvalue weighted by Gasteiger charge is -2.18. The SMILES string of the molecule is CCCCn1c(CN2CCCC2)nc2sc(C)c(C)c2c1=O. The normalized spacial score (nSPS) is 16.0. The average Bonchev–Trinajstić information content (AvgIpc) is 3.08. The second-order valence-corrected chi connectivity index (χ2v) is 7.49. The molecule has 0 aliphatic carbocycles. The average molecular weight is 319 g/mol. The number of aryl methyl sites for hydroxylation is 2. The Morgan fingerprint density at radius 3 is 2.64 bits per heavy atom. The van der Waals surface area contributed by atoms with Gasteiger partial charge in [0.15, 0.2) is 0 Å². The molecule has 1 saturated heterocycles. The van der Waals surface area contributed by atoms with E-state index in [2.05, 4.69) is 18.7 Å². The van der Waals surface area contributed by atoms with Crippen LogP contribution in [0.25, 0.3) is 10.2 Å². The van der Waals surface area contributed by atoms with Crippen molar-refractivity contribution in [2.24, 2.45) is 0 Å². The third-order valence-electron chi connectivity index (χ3n) is 4.67. The predicted octanol–water partition coefficient (Wildman–Crippen LogP) is 3.47. The largest absolute Gasteiger partial charge is 0.296 e. The van der Waals surface area contributed by atoms with Gasteiger partial charge in [-0.25, -0.2) is 4.98 Å². The first-order valence-corrected chi connectivity index (χ1v) is 9.15. The van der Waals surface area contributed by atoms with Crippen LogP contribution < -0.4 is 5.56 Å². The fraction of sp³-hybridized carbons (Fsp3) is 0.647. The number of nitrogens with zero attached hydrogens (tertiary/aromatic N) is 3. The first-order chi connectivity index (χ1) is 10.6. The van der Waals surface area contributed by atoms with Crippen molar-refractivity contribution in [3.05, 3.63) is 26.6 Å². The highest BCUT2D eigenvalue weighted by atomic mass is 32.1. The number of fused-ring (bicyclic) bond motifs is 1. The summed E-state index contributed by atoms with van der Waals surface area (Å²) in [5, 5.41) is 0.837. The van der Waals surface area contributed by atoms with E-state index >= 15 is 0 Å². The minimum absolute atomic E-state index is 0.162. The summed E-state index contributed by atoms with van der Waals surface area (Å²) in [7, 11) is 0. The van der Waals surface area contributed by atoms with Crippen LogP contribution in [0.5, 0.6) is 0 Å². The van der Waals surface area contributed by atoms with Crippen molar-refractivity contribution in [2.75, 3.05) is 13.1 Å². The van der Waals surface area contributed by atoms with E-state index in [4.69, 9.17) is 4.98 Å². The minimum atomic E-state index is 0.162. The number of hydrogen-bond acceptors (Lipinski definition) is 4. The van der Waals surface area contributed by atoms with E-state index in [-0.39, 0.29) is 5.56 Å². The highest BCUT2D eigenvalue weighted by Gasteiger charge is 2.19. The van der Waals surface area contributed by atoms with Crippen molar-refractivity contribution in [3.8, 4) is 0 Å². The molecule has 1 aliphatic rings. The Kier molecular flexibility index (Phi) is 4.64. The van der Waals surface area contributed by atoms with Gasteiger partial charge in [0.25, 0.3) is 5.56 Å². The molecule has 2 aromatic rings. The zero-order chi connectivity index (χ0) is 15.7. The number of rotatable bonds is 5. The van der Waals surface area contributed by atoms with Gasteiger partial charge in [-0.15, -0.1) is 11.3 Å². The van der Waals surface area contributed by atoms with E-state index in [0.29, 0.717) is 0 Å². The molecule has 0 saturated carbocycles. The molecule has 1 aliphatic heterocycles. The summed E-state index contributed by atoms with van der Waals surface area (Å²) in [6.07, 6.45) is 4.65. The molecule has 0 bridgehead atoms. The highest BCUT2D eigenvalue weighted by molar-refractivity contribution is 7.18. The van der Waals surface area contributed by atoms with Crippen LogP contribution >= 0.6 is 11.3 Å². The Bertz CT molecular complexity index is 726. The van der Waals surface area contributed by atoms with E-state index < -0.39 is 0 Å². The first-order valence-electron chi connectivity index (χ1n) is 8.33. The fourth-order valence-electron chi connectivity index (χ4n) is 3.18. The zero-order valence-corrected chi connectivity index (χ0v) is 14.6. The number of hydrogen-bond donors (Lipinski definition) is 0. The van der Waals surface area contributed by atoms with Crippen LogP contribution in [0.3, 0.4) is 0 Å². The van der Waals surface area contributed by atoms with E-state index in [9.17, 15) is 4.79 Å². The van der Waals surface area contributed by atoms with Gasteiger partial charge < -0.3 is 0 Å². The van der Waals surface area contributed by atoms with Gasteiger partial charge in [-0.3, -0.25) is 14.3 Å². The maximum atomic E-state index is 13.0. The Morgan fingerprint density at radius 2 is 1.95 bits per heavy atom. The summed E-state index contributed by atoms with van der Waals surface area (Å²) < 4.78 is 1.93. The summed E-state index contributed by atoms with van der Waals surface area (Å²) in [6.45, 7) is 10.1. The summed E-state index contributed by atoms with van der Waals surface area (Å²) in [5.41, 5.74) is 1.27. The number of likely N-dealkylation sites (tertiary alicyclic amines) is 1. The molecule has 1 fully saturated rings. The highest BCUT2D eigenvalue weighted by Crippen LogP contribution is 2.26. The Morgan fingerprint density at radius 1 is 1.23 bits per heavy atom. The summed E-state index contributed by atoms with van der Waals surface area (Å²) in [5.74, 6) is 0.953. The van der Waals surface area contributed by atoms with Crippen LogP contribution in [0.4, 0.5) is 0 Å². The van der Waals surface area contributed by atoms with Crippen molar-refractivity contribution in [3.63, 3.8) is 0 Å². The van der Waals surface area contributed by atoms with Gasteiger partial charge in [-0.05, 0) is 51.8 Å². The summed E-state index contributed by atoms with van der Waals surface area (Å²) >= 11 is 1.65. The van der Waals surface area contributed by atoms with Gasteiger partial charge in [0.1, 0.15) is 10.7 Å². The van der Waals surface area contributed by atoms with Gasteiger partial charge >= 0.3 is 0 Å². The molecule has 3 heterocycles. The number of unbranched alkanes of at least 4 members (excludes halogenated alkanes) is 1. The molecule has 0 unspecified atom stereocenters. The van der Waals surface area contributed by atoms with Crippen molar-refractivity contribution >= 4 is 21.6 Å². The minimum Gasteiger partial charge on any atom is -0.296 e. The van der Waals surface area contributed by atoms with Crippen LogP contribution in [0.2, 0.25) is 0 Å². The second kappa shape index (κ2) is 6.50. The number of aromatic nitrogens is 2. The van der Waals surface area contributed by atoms with Crippen molar-refractivity contribution in [1.29, 1.82) is 0 Å².